The summed E-state index contributed by atoms with van der Waals surface area (Å²) in [5, 5.41) is 0. The molecule has 2 atom stereocenters. The number of nitrogens with zero attached hydrogens (tertiary/aromatic N) is 2. The van der Waals surface area contributed by atoms with E-state index in [1.54, 1.807) is 9.80 Å². The topological polar surface area (TPSA) is 66.6 Å². The molecule has 0 fully saturated rings. The summed E-state index contributed by atoms with van der Waals surface area (Å²) >= 11 is 0. The fraction of sp³-hybridized carbons (Fsp3) is 0.619. The Morgan fingerprint density at radius 1 is 1.30 bits per heavy atom. The minimum atomic E-state index is -0.440. The number of amides is 2. The summed E-state index contributed by atoms with van der Waals surface area (Å²) in [5.74, 6) is -0.0223. The van der Waals surface area contributed by atoms with Crippen LogP contribution in [0.4, 0.5) is 0 Å². The lowest BCUT2D eigenvalue weighted by Gasteiger charge is -2.40. The lowest BCUT2D eigenvalue weighted by atomic mass is 9.90. The maximum atomic E-state index is 13.2. The fourth-order valence-corrected chi connectivity index (χ4v) is 3.47. The maximum absolute atomic E-state index is 13.2. The molecule has 0 aliphatic carbocycles. The second-order valence-corrected chi connectivity index (χ2v) is 8.33. The Morgan fingerprint density at radius 3 is 2.44 bits per heavy atom. The normalized spacial score (nSPS) is 17.6. The highest BCUT2D eigenvalue weighted by atomic mass is 35.5. The fourth-order valence-electron chi connectivity index (χ4n) is 3.47. The van der Waals surface area contributed by atoms with E-state index in [9.17, 15) is 9.59 Å². The Hall–Kier alpha value is -1.59. The molecule has 27 heavy (non-hydrogen) atoms. The zero-order valence-electron chi connectivity index (χ0n) is 17.2. The summed E-state index contributed by atoms with van der Waals surface area (Å²) in [6.45, 7) is 9.63. The Morgan fingerprint density at radius 2 is 1.89 bits per heavy atom. The van der Waals surface area contributed by atoms with E-state index in [1.807, 2.05) is 39.1 Å². The number of carbonyl (C=O) groups excluding carboxylic acids is 2. The zero-order chi connectivity index (χ0) is 19.5. The molecule has 1 aliphatic heterocycles. The van der Waals surface area contributed by atoms with Gasteiger partial charge in [0.05, 0.1) is 0 Å². The molecule has 0 bridgehead atoms. The molecule has 6 heteroatoms. The van der Waals surface area contributed by atoms with Gasteiger partial charge in [-0.1, -0.05) is 52.0 Å². The van der Waals surface area contributed by atoms with Gasteiger partial charge >= 0.3 is 0 Å². The van der Waals surface area contributed by atoms with Gasteiger partial charge in [-0.05, 0) is 29.5 Å². The first-order chi connectivity index (χ1) is 12.2. The Balaban J connectivity index is 0.00000364. The van der Waals surface area contributed by atoms with Gasteiger partial charge in [0.2, 0.25) is 11.8 Å². The van der Waals surface area contributed by atoms with Crippen molar-refractivity contribution in [2.24, 2.45) is 17.1 Å². The van der Waals surface area contributed by atoms with Crippen LogP contribution in [-0.2, 0) is 22.6 Å². The van der Waals surface area contributed by atoms with Crippen LogP contribution in [0.3, 0.4) is 0 Å². The predicted octanol–water partition coefficient (Wildman–Crippen LogP) is 2.85. The summed E-state index contributed by atoms with van der Waals surface area (Å²) < 4.78 is 0. The number of halogens is 1. The lowest BCUT2D eigenvalue weighted by molar-refractivity contribution is -0.149. The number of benzene rings is 1. The van der Waals surface area contributed by atoms with E-state index in [0.717, 1.165) is 17.5 Å². The van der Waals surface area contributed by atoms with Gasteiger partial charge < -0.3 is 15.5 Å². The van der Waals surface area contributed by atoms with Crippen molar-refractivity contribution in [1.29, 1.82) is 0 Å². The van der Waals surface area contributed by atoms with Gasteiger partial charge in [0.25, 0.3) is 0 Å². The van der Waals surface area contributed by atoms with Crippen molar-refractivity contribution in [1.82, 2.24) is 9.80 Å². The number of likely N-dealkylation sites (N-methyl/N-ethyl adjacent to an activating group) is 1. The Kier molecular flexibility index (Phi) is 8.30. The highest BCUT2D eigenvalue weighted by Gasteiger charge is 2.37. The van der Waals surface area contributed by atoms with Crippen LogP contribution in [0.25, 0.3) is 0 Å². The van der Waals surface area contributed by atoms with E-state index in [-0.39, 0.29) is 35.6 Å². The van der Waals surface area contributed by atoms with E-state index in [0.29, 0.717) is 26.1 Å². The van der Waals surface area contributed by atoms with Crippen LogP contribution < -0.4 is 5.73 Å². The smallest absolute Gasteiger partial charge is 0.245 e. The monoisotopic (exact) mass is 395 g/mol. The lowest BCUT2D eigenvalue weighted by Crippen LogP contribution is -2.55. The highest BCUT2D eigenvalue weighted by molar-refractivity contribution is 5.89. The van der Waals surface area contributed by atoms with Crippen molar-refractivity contribution in [2.75, 3.05) is 20.1 Å². The molecule has 1 heterocycles. The number of hydrogen-bond acceptors (Lipinski definition) is 3. The summed E-state index contributed by atoms with van der Waals surface area (Å²) in [4.78, 5) is 29.7. The van der Waals surface area contributed by atoms with Crippen molar-refractivity contribution in [3.63, 3.8) is 0 Å². The van der Waals surface area contributed by atoms with E-state index < -0.39 is 6.04 Å². The number of fused-ring (bicyclic) bond motifs is 1. The van der Waals surface area contributed by atoms with Crippen LogP contribution in [-0.4, -0.2) is 47.8 Å². The first-order valence-electron chi connectivity index (χ1n) is 9.52. The predicted molar refractivity (Wildman–Crippen MR) is 112 cm³/mol. The zero-order valence-corrected chi connectivity index (χ0v) is 18.0. The van der Waals surface area contributed by atoms with Gasteiger partial charge in [0.1, 0.15) is 6.04 Å². The van der Waals surface area contributed by atoms with Crippen LogP contribution in [0, 0.1) is 11.3 Å². The van der Waals surface area contributed by atoms with Crippen LogP contribution in [0.15, 0.2) is 24.3 Å². The summed E-state index contributed by atoms with van der Waals surface area (Å²) in [6.07, 6.45) is 1.35. The third-order valence-electron chi connectivity index (χ3n) is 5.44. The number of rotatable bonds is 6. The Bertz CT molecular complexity index is 663. The molecule has 1 aromatic carbocycles. The number of carbonyl (C=O) groups is 2. The van der Waals surface area contributed by atoms with Gasteiger partial charge in [0.15, 0.2) is 0 Å². The average molecular weight is 396 g/mol. The molecule has 152 valence electrons. The molecule has 0 radical (unpaired) electrons. The van der Waals surface area contributed by atoms with Crippen LogP contribution in [0.5, 0.6) is 0 Å². The third kappa shape index (κ3) is 5.45. The highest BCUT2D eigenvalue weighted by Crippen LogP contribution is 2.27. The molecule has 1 aliphatic rings. The van der Waals surface area contributed by atoms with Crippen molar-refractivity contribution in [2.45, 2.75) is 53.1 Å². The molecule has 0 saturated heterocycles. The molecule has 0 saturated carbocycles. The molecular formula is C21H34ClN3O2. The summed E-state index contributed by atoms with van der Waals surface area (Å²) in [5.41, 5.74) is 7.97. The molecule has 5 nitrogen and oxygen atoms in total. The molecule has 0 spiro atoms. The molecule has 0 aromatic heterocycles. The van der Waals surface area contributed by atoms with E-state index in [4.69, 9.17) is 5.73 Å². The van der Waals surface area contributed by atoms with E-state index in [1.165, 1.54) is 0 Å². The van der Waals surface area contributed by atoms with Gasteiger partial charge in [-0.25, -0.2) is 0 Å². The molecule has 2 rings (SSSR count). The van der Waals surface area contributed by atoms with Crippen LogP contribution in [0.1, 0.15) is 45.2 Å². The Labute approximate surface area is 169 Å². The van der Waals surface area contributed by atoms with Crippen molar-refractivity contribution in [3.05, 3.63) is 35.4 Å². The number of nitrogens with two attached hydrogens (primary N) is 1. The van der Waals surface area contributed by atoms with Gasteiger partial charge in [0, 0.05) is 32.5 Å². The second-order valence-electron chi connectivity index (χ2n) is 8.33. The van der Waals surface area contributed by atoms with Crippen LogP contribution >= 0.6 is 12.4 Å². The maximum Gasteiger partial charge on any atom is 0.245 e. The largest absolute Gasteiger partial charge is 0.343 e. The summed E-state index contributed by atoms with van der Waals surface area (Å²) in [6, 6.07) is 7.65. The first kappa shape index (κ1) is 23.4. The molecule has 1 aromatic rings. The van der Waals surface area contributed by atoms with Crippen molar-refractivity contribution < 1.29 is 9.59 Å². The summed E-state index contributed by atoms with van der Waals surface area (Å²) in [7, 11) is 1.81. The van der Waals surface area contributed by atoms with Gasteiger partial charge in [-0.15, -0.1) is 12.4 Å². The SMILES string of the molecule is CCC(C)C(=O)N1Cc2ccccc2CC1C(=O)N(C)CC(C)(C)CN.Cl. The third-order valence-corrected chi connectivity index (χ3v) is 5.44. The van der Waals surface area contributed by atoms with E-state index >= 15 is 0 Å². The molecule has 2 unspecified atom stereocenters. The van der Waals surface area contributed by atoms with Crippen molar-refractivity contribution >= 4 is 24.2 Å². The van der Waals surface area contributed by atoms with E-state index in [2.05, 4.69) is 19.9 Å². The van der Waals surface area contributed by atoms with Gasteiger partial charge in [-0.2, -0.15) is 0 Å². The van der Waals surface area contributed by atoms with Crippen molar-refractivity contribution in [3.8, 4) is 0 Å². The second kappa shape index (κ2) is 9.56. The quantitative estimate of drug-likeness (QED) is 0.805. The molecule has 2 amide bonds. The minimum absolute atomic E-state index is 0. The first-order valence-corrected chi connectivity index (χ1v) is 9.52. The number of hydrogen-bond donors (Lipinski definition) is 1. The molecular weight excluding hydrogens is 362 g/mol. The van der Waals surface area contributed by atoms with Crippen LogP contribution in [0.2, 0.25) is 0 Å². The van der Waals surface area contributed by atoms with Gasteiger partial charge in [-0.3, -0.25) is 9.59 Å². The average Bonchev–Trinajstić information content (AvgIpc) is 2.64. The standard InChI is InChI=1S/C21H33N3O2.ClH/c1-6-15(2)19(25)24-12-17-10-8-7-9-16(17)11-18(24)20(26)23(5)14-21(3,4)13-22;/h7-10,15,18H,6,11-14,22H2,1-5H3;1H. The minimum Gasteiger partial charge on any atom is -0.343 e. The molecule has 2 N–H and O–H groups in total.